The van der Waals surface area contributed by atoms with Crippen molar-refractivity contribution in [2.75, 3.05) is 32.8 Å². The maximum Gasteiger partial charge on any atom is 0.193 e. The van der Waals surface area contributed by atoms with Crippen LogP contribution in [0.1, 0.15) is 38.3 Å². The first-order valence-corrected chi connectivity index (χ1v) is 8.85. The average molecular weight is 315 g/mol. The summed E-state index contributed by atoms with van der Waals surface area (Å²) in [6.45, 7) is 11.6. The fourth-order valence-electron chi connectivity index (χ4n) is 3.41. The molecular weight excluding hydrogens is 286 g/mol. The van der Waals surface area contributed by atoms with E-state index in [4.69, 9.17) is 9.73 Å². The lowest BCUT2D eigenvalue weighted by Gasteiger charge is -2.23. The number of fused-ring (bicyclic) bond motifs is 1. The van der Waals surface area contributed by atoms with Crippen LogP contribution in [0.4, 0.5) is 0 Å². The van der Waals surface area contributed by atoms with E-state index in [9.17, 15) is 0 Å². The molecule has 1 aromatic carbocycles. The smallest absolute Gasteiger partial charge is 0.193 e. The normalized spacial score (nSPS) is 19.6. The second kappa shape index (κ2) is 6.81. The largest absolute Gasteiger partial charge is 0.493 e. The van der Waals surface area contributed by atoms with Crippen LogP contribution in [0.15, 0.2) is 23.2 Å². The van der Waals surface area contributed by atoms with Crippen LogP contribution in [-0.2, 0) is 12.8 Å². The van der Waals surface area contributed by atoms with E-state index in [1.807, 2.05) is 0 Å². The van der Waals surface area contributed by atoms with Crippen molar-refractivity contribution in [3.8, 4) is 5.75 Å². The lowest BCUT2D eigenvalue weighted by Crippen LogP contribution is -2.40. The summed E-state index contributed by atoms with van der Waals surface area (Å²) in [6, 6.07) is 6.56. The molecule has 1 fully saturated rings. The molecule has 4 nitrogen and oxygen atoms in total. The van der Waals surface area contributed by atoms with E-state index in [0.29, 0.717) is 5.41 Å². The summed E-state index contributed by atoms with van der Waals surface area (Å²) in [5.74, 6) is 2.13. The number of hydrogen-bond acceptors (Lipinski definition) is 2. The molecule has 0 bridgehead atoms. The summed E-state index contributed by atoms with van der Waals surface area (Å²) >= 11 is 0. The van der Waals surface area contributed by atoms with Crippen molar-refractivity contribution in [2.45, 2.75) is 40.0 Å². The number of nitrogens with one attached hydrogen (secondary N) is 1. The highest BCUT2D eigenvalue weighted by molar-refractivity contribution is 5.80. The molecule has 2 aliphatic heterocycles. The molecule has 2 heterocycles. The van der Waals surface area contributed by atoms with Crippen LogP contribution in [0.2, 0.25) is 0 Å². The number of likely N-dealkylation sites (tertiary alicyclic amines) is 1. The molecule has 23 heavy (non-hydrogen) atoms. The number of guanidine groups is 1. The van der Waals surface area contributed by atoms with Crippen LogP contribution in [0.3, 0.4) is 0 Å². The first-order valence-electron chi connectivity index (χ1n) is 8.85. The third-order valence-corrected chi connectivity index (χ3v) is 4.73. The Morgan fingerprint density at radius 2 is 2.26 bits per heavy atom. The topological polar surface area (TPSA) is 36.9 Å². The fourth-order valence-corrected chi connectivity index (χ4v) is 3.41. The Morgan fingerprint density at radius 1 is 1.39 bits per heavy atom. The molecule has 0 saturated carbocycles. The minimum absolute atomic E-state index is 0.399. The Bertz CT molecular complexity index is 580. The van der Waals surface area contributed by atoms with Gasteiger partial charge in [-0.1, -0.05) is 26.0 Å². The summed E-state index contributed by atoms with van der Waals surface area (Å²) in [4.78, 5) is 7.25. The van der Waals surface area contributed by atoms with Gasteiger partial charge in [0.1, 0.15) is 5.75 Å². The van der Waals surface area contributed by atoms with Crippen molar-refractivity contribution < 1.29 is 4.74 Å². The highest BCUT2D eigenvalue weighted by Crippen LogP contribution is 2.29. The number of aliphatic imine (C=N–C) groups is 1. The molecule has 0 aliphatic carbocycles. The first kappa shape index (κ1) is 16.2. The first-order chi connectivity index (χ1) is 11.1. The van der Waals surface area contributed by atoms with Crippen LogP contribution in [0.5, 0.6) is 5.75 Å². The van der Waals surface area contributed by atoms with E-state index >= 15 is 0 Å². The molecule has 0 unspecified atom stereocenters. The van der Waals surface area contributed by atoms with Crippen LogP contribution in [0, 0.1) is 5.41 Å². The van der Waals surface area contributed by atoms with E-state index in [1.165, 1.54) is 17.5 Å². The van der Waals surface area contributed by atoms with Gasteiger partial charge in [0.2, 0.25) is 0 Å². The number of rotatable bonds is 4. The Kier molecular flexibility index (Phi) is 4.79. The zero-order valence-electron chi connectivity index (χ0n) is 14.7. The highest BCUT2D eigenvalue weighted by atomic mass is 16.5. The van der Waals surface area contributed by atoms with E-state index in [-0.39, 0.29) is 0 Å². The van der Waals surface area contributed by atoms with Crippen LogP contribution < -0.4 is 10.1 Å². The molecule has 1 saturated heterocycles. The zero-order chi connectivity index (χ0) is 16.3. The van der Waals surface area contributed by atoms with Crippen molar-refractivity contribution in [3.05, 3.63) is 29.3 Å². The highest BCUT2D eigenvalue weighted by Gasteiger charge is 2.30. The predicted octanol–water partition coefficient (Wildman–Crippen LogP) is 2.86. The van der Waals surface area contributed by atoms with E-state index < -0.39 is 0 Å². The lowest BCUT2D eigenvalue weighted by atomic mass is 9.93. The van der Waals surface area contributed by atoms with Gasteiger partial charge in [-0.05, 0) is 42.4 Å². The van der Waals surface area contributed by atoms with E-state index in [0.717, 1.165) is 57.3 Å². The second-order valence-corrected chi connectivity index (χ2v) is 7.36. The fraction of sp³-hybridized carbons (Fsp3) is 0.632. The van der Waals surface area contributed by atoms with Gasteiger partial charge in [-0.3, -0.25) is 4.99 Å². The molecule has 0 amide bonds. The van der Waals surface area contributed by atoms with Gasteiger partial charge >= 0.3 is 0 Å². The van der Waals surface area contributed by atoms with Crippen LogP contribution >= 0.6 is 0 Å². The van der Waals surface area contributed by atoms with Crippen molar-refractivity contribution in [1.29, 1.82) is 0 Å². The monoisotopic (exact) mass is 315 g/mol. The number of hydrogen-bond donors (Lipinski definition) is 1. The summed E-state index contributed by atoms with van der Waals surface area (Å²) < 4.78 is 5.57. The molecule has 1 N–H and O–H groups in total. The minimum Gasteiger partial charge on any atom is -0.493 e. The Morgan fingerprint density at radius 3 is 3.00 bits per heavy atom. The molecule has 0 atom stereocenters. The van der Waals surface area contributed by atoms with Gasteiger partial charge in [-0.2, -0.15) is 0 Å². The maximum absolute atomic E-state index is 5.57. The third-order valence-electron chi connectivity index (χ3n) is 4.73. The van der Waals surface area contributed by atoms with Crippen LogP contribution in [0.25, 0.3) is 0 Å². The molecule has 4 heteroatoms. The molecule has 0 spiro atoms. The molecule has 1 aromatic rings. The average Bonchev–Trinajstić information content (AvgIpc) is 3.12. The van der Waals surface area contributed by atoms with Gasteiger partial charge in [0.05, 0.1) is 6.61 Å². The third kappa shape index (κ3) is 3.98. The van der Waals surface area contributed by atoms with Gasteiger partial charge in [-0.25, -0.2) is 0 Å². The standard InChI is InChI=1S/C19H29N3O/c1-4-20-18(22-11-9-19(2,3)14-22)21-10-7-15-5-6-17-16(13-15)8-12-23-17/h5-6,13H,4,7-12,14H2,1-3H3,(H,20,21). The summed E-state index contributed by atoms with van der Waals surface area (Å²) in [5.41, 5.74) is 3.10. The number of benzene rings is 1. The van der Waals surface area contributed by atoms with Gasteiger partial charge < -0.3 is 15.0 Å². The molecule has 3 rings (SSSR count). The molecule has 0 radical (unpaired) electrons. The molecule has 0 aromatic heterocycles. The number of nitrogens with zero attached hydrogens (tertiary/aromatic N) is 2. The van der Waals surface area contributed by atoms with Gasteiger partial charge in [0.15, 0.2) is 5.96 Å². The Labute approximate surface area is 139 Å². The maximum atomic E-state index is 5.57. The number of ether oxygens (including phenoxy) is 1. The zero-order valence-corrected chi connectivity index (χ0v) is 14.7. The minimum atomic E-state index is 0.399. The lowest BCUT2D eigenvalue weighted by molar-refractivity contribution is 0.357. The second-order valence-electron chi connectivity index (χ2n) is 7.36. The van der Waals surface area contributed by atoms with Crippen molar-refractivity contribution in [2.24, 2.45) is 10.4 Å². The quantitative estimate of drug-likeness (QED) is 0.686. The van der Waals surface area contributed by atoms with Crippen molar-refractivity contribution in [3.63, 3.8) is 0 Å². The van der Waals surface area contributed by atoms with Gasteiger partial charge in [0, 0.05) is 32.6 Å². The van der Waals surface area contributed by atoms with Crippen molar-refractivity contribution >= 4 is 5.96 Å². The predicted molar refractivity (Wildman–Crippen MR) is 95.3 cm³/mol. The summed E-state index contributed by atoms with van der Waals surface area (Å²) in [6.07, 6.45) is 3.26. The van der Waals surface area contributed by atoms with Crippen molar-refractivity contribution in [1.82, 2.24) is 10.2 Å². The summed E-state index contributed by atoms with van der Waals surface area (Å²) in [5, 5.41) is 3.45. The molecular formula is C19H29N3O. The molecule has 2 aliphatic rings. The van der Waals surface area contributed by atoms with Gasteiger partial charge in [-0.15, -0.1) is 0 Å². The van der Waals surface area contributed by atoms with Crippen LogP contribution in [-0.4, -0.2) is 43.6 Å². The van der Waals surface area contributed by atoms with Gasteiger partial charge in [0.25, 0.3) is 0 Å². The SMILES string of the molecule is CCNC(=NCCc1ccc2c(c1)CCO2)N1CCC(C)(C)C1. The summed E-state index contributed by atoms with van der Waals surface area (Å²) in [7, 11) is 0. The molecule has 126 valence electrons. The van der Waals surface area contributed by atoms with E-state index in [1.54, 1.807) is 0 Å². The Hall–Kier alpha value is -1.71. The Balaban J connectivity index is 1.60. The van der Waals surface area contributed by atoms with E-state index in [2.05, 4.69) is 49.2 Å².